The molecule has 1 saturated heterocycles. The molecule has 6 nitrogen and oxygen atoms in total. The van der Waals surface area contributed by atoms with Crippen molar-refractivity contribution in [2.45, 2.75) is 63.5 Å². The average molecular weight is 410 g/mol. The van der Waals surface area contributed by atoms with Gasteiger partial charge in [-0.1, -0.05) is 42.7 Å². The van der Waals surface area contributed by atoms with Crippen LogP contribution in [0.25, 0.3) is 0 Å². The molecule has 1 aromatic rings. The van der Waals surface area contributed by atoms with Gasteiger partial charge in [0.25, 0.3) is 0 Å². The summed E-state index contributed by atoms with van der Waals surface area (Å²) >= 11 is 5.89. The second kappa shape index (κ2) is 11.1. The Morgan fingerprint density at radius 3 is 2.75 bits per heavy atom. The van der Waals surface area contributed by atoms with Crippen molar-refractivity contribution in [3.05, 3.63) is 40.9 Å². The van der Waals surface area contributed by atoms with Crippen LogP contribution in [0.15, 0.2) is 30.4 Å². The van der Waals surface area contributed by atoms with Crippen LogP contribution in [0.3, 0.4) is 0 Å². The van der Waals surface area contributed by atoms with E-state index in [1.807, 2.05) is 11.0 Å². The number of benzene rings is 1. The molecular formula is C21H28ClNO5. The van der Waals surface area contributed by atoms with E-state index in [0.717, 1.165) is 31.2 Å². The van der Waals surface area contributed by atoms with Crippen LogP contribution in [-0.4, -0.2) is 50.8 Å². The predicted octanol–water partition coefficient (Wildman–Crippen LogP) is 3.53. The van der Waals surface area contributed by atoms with Crippen LogP contribution in [0.4, 0.5) is 0 Å². The van der Waals surface area contributed by atoms with E-state index in [-0.39, 0.29) is 29.1 Å². The fraction of sp³-hybridized carbons (Fsp3) is 0.524. The summed E-state index contributed by atoms with van der Waals surface area (Å²) in [5, 5.41) is 28.6. The molecule has 0 spiro atoms. The van der Waals surface area contributed by atoms with Crippen LogP contribution in [0.1, 0.15) is 50.5 Å². The van der Waals surface area contributed by atoms with Gasteiger partial charge < -0.3 is 20.2 Å². The maximum atomic E-state index is 12.1. The largest absolute Gasteiger partial charge is 0.506 e. The molecule has 154 valence electrons. The molecule has 0 bridgehead atoms. The molecule has 1 aliphatic rings. The van der Waals surface area contributed by atoms with Crippen molar-refractivity contribution in [2.24, 2.45) is 0 Å². The standard InChI is InChI=1S/C21H28ClNO5/c22-18-14-15(6-10-19(18)25)13-17(24)9-7-16-8-11-20(26)23(16)12-4-2-1-3-5-21(27)28/h6-7,9-10,14,16-17,24-25H,1-5,8,11-13H2,(H,27,28)/t16-,17+/m0/s1. The molecule has 2 atom stereocenters. The Balaban J connectivity index is 1.79. The number of halogens is 1. The van der Waals surface area contributed by atoms with E-state index >= 15 is 0 Å². The Kier molecular flexibility index (Phi) is 8.80. The normalized spacial score (nSPS) is 18.1. The number of hydrogen-bond acceptors (Lipinski definition) is 4. The summed E-state index contributed by atoms with van der Waals surface area (Å²) in [4.78, 5) is 24.5. The number of carbonyl (C=O) groups is 2. The highest BCUT2D eigenvalue weighted by atomic mass is 35.5. The summed E-state index contributed by atoms with van der Waals surface area (Å²) in [5.74, 6) is -0.633. The van der Waals surface area contributed by atoms with Crippen LogP contribution in [0.2, 0.25) is 5.02 Å². The van der Waals surface area contributed by atoms with Crippen LogP contribution < -0.4 is 0 Å². The van der Waals surface area contributed by atoms with Crippen molar-refractivity contribution in [1.82, 2.24) is 4.90 Å². The number of rotatable bonds is 11. The molecule has 0 aromatic heterocycles. The lowest BCUT2D eigenvalue weighted by Crippen LogP contribution is -2.32. The van der Waals surface area contributed by atoms with Gasteiger partial charge in [-0.3, -0.25) is 9.59 Å². The van der Waals surface area contributed by atoms with Crippen molar-refractivity contribution in [3.8, 4) is 5.75 Å². The molecule has 2 rings (SSSR count). The monoisotopic (exact) mass is 409 g/mol. The number of unbranched alkanes of at least 4 members (excludes halogenated alkanes) is 3. The number of likely N-dealkylation sites (tertiary alicyclic amines) is 1. The number of carboxylic acids is 1. The van der Waals surface area contributed by atoms with E-state index in [9.17, 15) is 19.8 Å². The minimum absolute atomic E-state index is 0.00965. The van der Waals surface area contributed by atoms with E-state index in [4.69, 9.17) is 16.7 Å². The van der Waals surface area contributed by atoms with E-state index in [1.54, 1.807) is 18.2 Å². The van der Waals surface area contributed by atoms with Gasteiger partial charge in [0, 0.05) is 25.8 Å². The minimum atomic E-state index is -0.770. The molecule has 3 N–H and O–H groups in total. The number of carboxylic acid groups (broad SMARTS) is 1. The number of hydrogen-bond donors (Lipinski definition) is 3. The molecular weight excluding hydrogens is 382 g/mol. The SMILES string of the molecule is O=C(O)CCCCCCN1C(=O)CC[C@@H]1C=C[C@@H](O)Cc1ccc(O)c(Cl)c1. The molecule has 7 heteroatoms. The molecule has 0 unspecified atom stereocenters. The Morgan fingerprint density at radius 2 is 2.04 bits per heavy atom. The number of aromatic hydroxyl groups is 1. The quantitative estimate of drug-likeness (QED) is 0.383. The van der Waals surface area contributed by atoms with Gasteiger partial charge in [-0.05, 0) is 37.0 Å². The summed E-state index contributed by atoms with van der Waals surface area (Å²) in [5.41, 5.74) is 0.820. The lowest BCUT2D eigenvalue weighted by molar-refractivity contribution is -0.137. The van der Waals surface area contributed by atoms with Gasteiger partial charge in [0.05, 0.1) is 17.2 Å². The smallest absolute Gasteiger partial charge is 0.303 e. The zero-order valence-corrected chi connectivity index (χ0v) is 16.6. The van der Waals surface area contributed by atoms with Crippen LogP contribution in [0, 0.1) is 0 Å². The van der Waals surface area contributed by atoms with Crippen molar-refractivity contribution in [3.63, 3.8) is 0 Å². The molecule has 1 amide bonds. The number of nitrogens with zero attached hydrogens (tertiary/aromatic N) is 1. The Hall–Kier alpha value is -2.05. The van der Waals surface area contributed by atoms with Gasteiger partial charge in [-0.15, -0.1) is 0 Å². The molecule has 1 aromatic carbocycles. The first-order valence-corrected chi connectivity index (χ1v) is 10.1. The summed E-state index contributed by atoms with van der Waals surface area (Å²) in [6, 6.07) is 4.84. The molecule has 0 saturated carbocycles. The molecule has 28 heavy (non-hydrogen) atoms. The van der Waals surface area contributed by atoms with Crippen molar-refractivity contribution >= 4 is 23.5 Å². The zero-order valence-electron chi connectivity index (χ0n) is 15.9. The fourth-order valence-electron chi connectivity index (χ4n) is 3.40. The number of aliphatic hydroxyl groups is 1. The van der Waals surface area contributed by atoms with Gasteiger partial charge in [0.15, 0.2) is 0 Å². The van der Waals surface area contributed by atoms with Gasteiger partial charge in [-0.25, -0.2) is 0 Å². The average Bonchev–Trinajstić information content (AvgIpc) is 2.99. The lowest BCUT2D eigenvalue weighted by Gasteiger charge is -2.22. The summed E-state index contributed by atoms with van der Waals surface area (Å²) in [7, 11) is 0. The maximum absolute atomic E-state index is 12.1. The Bertz CT molecular complexity index is 706. The minimum Gasteiger partial charge on any atom is -0.506 e. The number of carbonyl (C=O) groups excluding carboxylic acids is 1. The topological polar surface area (TPSA) is 98.1 Å². The van der Waals surface area contributed by atoms with Gasteiger partial charge in [-0.2, -0.15) is 0 Å². The van der Waals surface area contributed by atoms with Crippen LogP contribution >= 0.6 is 11.6 Å². The first-order valence-electron chi connectivity index (χ1n) is 9.72. The Labute approximate surface area is 170 Å². The Morgan fingerprint density at radius 1 is 1.29 bits per heavy atom. The predicted molar refractivity (Wildman–Crippen MR) is 107 cm³/mol. The van der Waals surface area contributed by atoms with Gasteiger partial charge >= 0.3 is 5.97 Å². The van der Waals surface area contributed by atoms with Crippen molar-refractivity contribution in [2.75, 3.05) is 6.54 Å². The number of aliphatic hydroxyl groups excluding tert-OH is 1. The van der Waals surface area contributed by atoms with E-state index in [0.29, 0.717) is 25.8 Å². The maximum Gasteiger partial charge on any atom is 0.303 e. The highest BCUT2D eigenvalue weighted by Gasteiger charge is 2.28. The third-order valence-electron chi connectivity index (χ3n) is 4.93. The molecule has 0 aliphatic carbocycles. The summed E-state index contributed by atoms with van der Waals surface area (Å²) in [6.45, 7) is 0.657. The number of aliphatic carboxylic acids is 1. The van der Waals surface area contributed by atoms with Crippen LogP contribution in [-0.2, 0) is 16.0 Å². The third kappa shape index (κ3) is 7.17. The third-order valence-corrected chi connectivity index (χ3v) is 5.23. The molecule has 1 aliphatic heterocycles. The van der Waals surface area contributed by atoms with E-state index in [2.05, 4.69) is 0 Å². The van der Waals surface area contributed by atoms with Gasteiger partial charge in [0.1, 0.15) is 5.75 Å². The van der Waals surface area contributed by atoms with Crippen molar-refractivity contribution < 1.29 is 24.9 Å². The second-order valence-corrected chi connectivity index (χ2v) is 7.60. The second-order valence-electron chi connectivity index (χ2n) is 7.19. The molecule has 0 radical (unpaired) electrons. The molecule has 1 fully saturated rings. The summed E-state index contributed by atoms with van der Waals surface area (Å²) in [6.07, 6.45) is 7.99. The number of phenols is 1. The lowest BCUT2D eigenvalue weighted by atomic mass is 10.1. The highest BCUT2D eigenvalue weighted by molar-refractivity contribution is 6.32. The first-order chi connectivity index (χ1) is 13.4. The van der Waals surface area contributed by atoms with Gasteiger partial charge in [0.2, 0.25) is 5.91 Å². The zero-order chi connectivity index (χ0) is 20.5. The van der Waals surface area contributed by atoms with E-state index in [1.165, 1.54) is 6.07 Å². The summed E-state index contributed by atoms with van der Waals surface area (Å²) < 4.78 is 0. The number of amides is 1. The first kappa shape index (κ1) is 22.2. The van der Waals surface area contributed by atoms with Crippen molar-refractivity contribution in [1.29, 1.82) is 0 Å². The van der Waals surface area contributed by atoms with Crippen LogP contribution in [0.5, 0.6) is 5.75 Å². The molecule has 1 heterocycles. The van der Waals surface area contributed by atoms with E-state index < -0.39 is 12.1 Å². The fourth-order valence-corrected chi connectivity index (χ4v) is 3.60. The number of phenolic OH excluding ortho intramolecular Hbond substituents is 1. The highest BCUT2D eigenvalue weighted by Crippen LogP contribution is 2.25.